The van der Waals surface area contributed by atoms with Crippen LogP contribution >= 0.6 is 0 Å². The van der Waals surface area contributed by atoms with Crippen molar-refractivity contribution in [3.63, 3.8) is 0 Å². The molecule has 0 bridgehead atoms. The molecule has 0 unspecified atom stereocenters. The minimum absolute atomic E-state index is 0.625. The molecule has 0 radical (unpaired) electrons. The van der Waals surface area contributed by atoms with Gasteiger partial charge in [-0.3, -0.25) is 4.98 Å². The molecule has 1 heterocycles. The predicted octanol–water partition coefficient (Wildman–Crippen LogP) is 1.40. The fourth-order valence-corrected chi connectivity index (χ4v) is 1.69. The second-order valence-corrected chi connectivity index (χ2v) is 4.22. The van der Waals surface area contributed by atoms with Crippen LogP contribution < -0.4 is 10.2 Å². The first-order valence-electron chi connectivity index (χ1n) is 5.62. The molecule has 0 saturated heterocycles. The number of terminal acetylenes is 1. The summed E-state index contributed by atoms with van der Waals surface area (Å²) in [6.07, 6.45) is 11.7. The quantitative estimate of drug-likeness (QED) is 0.753. The molecule has 2 rings (SSSR count). The first kappa shape index (κ1) is 11.0. The zero-order valence-electron chi connectivity index (χ0n) is 9.61. The van der Waals surface area contributed by atoms with Crippen molar-refractivity contribution in [2.24, 2.45) is 0 Å². The number of nitrogens with one attached hydrogen (secondary N) is 1. The minimum Gasteiger partial charge on any atom is -0.363 e. The molecule has 1 saturated carbocycles. The Morgan fingerprint density at radius 1 is 1.62 bits per heavy atom. The van der Waals surface area contributed by atoms with Gasteiger partial charge in [0.25, 0.3) is 0 Å². The van der Waals surface area contributed by atoms with Gasteiger partial charge >= 0.3 is 0 Å². The lowest BCUT2D eigenvalue weighted by atomic mass is 10.2. The van der Waals surface area contributed by atoms with Crippen LogP contribution in [-0.2, 0) is 6.54 Å². The van der Waals surface area contributed by atoms with E-state index in [9.17, 15) is 0 Å². The molecule has 1 fully saturated rings. The van der Waals surface area contributed by atoms with Gasteiger partial charge in [0, 0.05) is 43.3 Å². The molecule has 16 heavy (non-hydrogen) atoms. The number of pyridine rings is 1. The number of nitrogens with zero attached hydrogens (tertiary/aromatic N) is 2. The molecule has 1 N–H and O–H groups in total. The minimum atomic E-state index is 0.625. The fourth-order valence-electron chi connectivity index (χ4n) is 1.69. The molecule has 1 aromatic heterocycles. The highest BCUT2D eigenvalue weighted by atomic mass is 15.1. The second-order valence-electron chi connectivity index (χ2n) is 4.22. The maximum Gasteiger partial charge on any atom is 0.0788 e. The average molecular weight is 215 g/mol. The summed E-state index contributed by atoms with van der Waals surface area (Å²) in [6, 6.07) is 2.73. The van der Waals surface area contributed by atoms with Gasteiger partial charge in [0.05, 0.1) is 6.54 Å². The van der Waals surface area contributed by atoms with Crippen molar-refractivity contribution >= 4 is 5.69 Å². The van der Waals surface area contributed by atoms with E-state index in [1.165, 1.54) is 24.1 Å². The van der Waals surface area contributed by atoms with Crippen LogP contribution in [0, 0.1) is 12.3 Å². The number of aromatic nitrogens is 1. The Labute approximate surface area is 96.9 Å². The van der Waals surface area contributed by atoms with E-state index in [4.69, 9.17) is 6.42 Å². The van der Waals surface area contributed by atoms with E-state index in [-0.39, 0.29) is 0 Å². The van der Waals surface area contributed by atoms with Crippen molar-refractivity contribution in [3.8, 4) is 12.3 Å². The summed E-state index contributed by atoms with van der Waals surface area (Å²) in [5, 5.41) is 3.49. The molecular formula is C13H17N3. The highest BCUT2D eigenvalue weighted by Gasteiger charge is 2.20. The lowest BCUT2D eigenvalue weighted by Crippen LogP contribution is -2.22. The third-order valence-corrected chi connectivity index (χ3v) is 2.78. The van der Waals surface area contributed by atoms with Crippen LogP contribution in [0.1, 0.15) is 18.4 Å². The molecule has 1 aromatic rings. The van der Waals surface area contributed by atoms with Gasteiger partial charge in [0.2, 0.25) is 0 Å². The van der Waals surface area contributed by atoms with Crippen LogP contribution in [0.3, 0.4) is 0 Å². The smallest absolute Gasteiger partial charge is 0.0788 e. The van der Waals surface area contributed by atoms with Crippen LogP contribution in [0.4, 0.5) is 5.69 Å². The average Bonchev–Trinajstić information content (AvgIpc) is 3.11. The Morgan fingerprint density at radius 3 is 3.12 bits per heavy atom. The third kappa shape index (κ3) is 2.74. The van der Waals surface area contributed by atoms with Crippen molar-refractivity contribution in [2.45, 2.75) is 25.4 Å². The van der Waals surface area contributed by atoms with Crippen molar-refractivity contribution < 1.29 is 0 Å². The van der Waals surface area contributed by atoms with Crippen LogP contribution in [0.15, 0.2) is 18.5 Å². The van der Waals surface area contributed by atoms with E-state index in [0.717, 1.165) is 6.54 Å². The van der Waals surface area contributed by atoms with E-state index >= 15 is 0 Å². The molecule has 1 aliphatic rings. The predicted molar refractivity (Wildman–Crippen MR) is 66.2 cm³/mol. The Bertz CT molecular complexity index is 390. The zero-order valence-corrected chi connectivity index (χ0v) is 9.61. The molecule has 3 nitrogen and oxygen atoms in total. The number of anilines is 1. The van der Waals surface area contributed by atoms with Gasteiger partial charge < -0.3 is 10.2 Å². The fraction of sp³-hybridized carbons (Fsp3) is 0.462. The summed E-state index contributed by atoms with van der Waals surface area (Å²) >= 11 is 0. The summed E-state index contributed by atoms with van der Waals surface area (Å²) in [4.78, 5) is 6.24. The highest BCUT2D eigenvalue weighted by Crippen LogP contribution is 2.22. The monoisotopic (exact) mass is 215 g/mol. The van der Waals surface area contributed by atoms with Gasteiger partial charge in [-0.05, 0) is 18.9 Å². The molecule has 1 aliphatic carbocycles. The van der Waals surface area contributed by atoms with Gasteiger partial charge in [0.15, 0.2) is 0 Å². The lowest BCUT2D eigenvalue weighted by Gasteiger charge is -2.19. The topological polar surface area (TPSA) is 28.2 Å². The highest BCUT2D eigenvalue weighted by molar-refractivity contribution is 5.52. The first-order valence-corrected chi connectivity index (χ1v) is 5.62. The number of rotatable bonds is 5. The Morgan fingerprint density at radius 2 is 2.44 bits per heavy atom. The largest absolute Gasteiger partial charge is 0.363 e. The second kappa shape index (κ2) is 5.00. The van der Waals surface area contributed by atoms with E-state index in [0.29, 0.717) is 12.6 Å². The molecule has 0 aromatic carbocycles. The van der Waals surface area contributed by atoms with E-state index in [2.05, 4.69) is 21.1 Å². The van der Waals surface area contributed by atoms with E-state index in [1.54, 1.807) is 0 Å². The SMILES string of the molecule is C#CCN(C)c1ccncc1CNC1CC1. The first-order chi connectivity index (χ1) is 7.81. The molecule has 84 valence electrons. The summed E-state index contributed by atoms with van der Waals surface area (Å²) in [7, 11) is 2.01. The summed E-state index contributed by atoms with van der Waals surface area (Å²) in [5.74, 6) is 2.66. The maximum absolute atomic E-state index is 5.33. The molecule has 0 spiro atoms. The molecule has 3 heteroatoms. The lowest BCUT2D eigenvalue weighted by molar-refractivity contribution is 0.684. The van der Waals surface area contributed by atoms with Crippen molar-refractivity contribution in [1.82, 2.24) is 10.3 Å². The van der Waals surface area contributed by atoms with Gasteiger partial charge in [-0.15, -0.1) is 6.42 Å². The van der Waals surface area contributed by atoms with Crippen LogP contribution in [0.5, 0.6) is 0 Å². The van der Waals surface area contributed by atoms with Crippen molar-refractivity contribution in [3.05, 3.63) is 24.0 Å². The Kier molecular flexibility index (Phi) is 3.43. The number of hydrogen-bond donors (Lipinski definition) is 1. The third-order valence-electron chi connectivity index (χ3n) is 2.78. The molecule has 0 amide bonds. The van der Waals surface area contributed by atoms with Crippen LogP contribution in [0.2, 0.25) is 0 Å². The van der Waals surface area contributed by atoms with Crippen molar-refractivity contribution in [1.29, 1.82) is 0 Å². The van der Waals surface area contributed by atoms with Gasteiger partial charge in [-0.2, -0.15) is 0 Å². The van der Waals surface area contributed by atoms with Gasteiger partial charge in [-0.1, -0.05) is 5.92 Å². The number of hydrogen-bond acceptors (Lipinski definition) is 3. The van der Waals surface area contributed by atoms with Gasteiger partial charge in [-0.25, -0.2) is 0 Å². The van der Waals surface area contributed by atoms with Crippen LogP contribution in [-0.4, -0.2) is 24.6 Å². The summed E-state index contributed by atoms with van der Waals surface area (Å²) in [6.45, 7) is 1.50. The molecule has 0 atom stereocenters. The van der Waals surface area contributed by atoms with Crippen LogP contribution in [0.25, 0.3) is 0 Å². The normalized spacial score (nSPS) is 14.5. The Hall–Kier alpha value is -1.53. The van der Waals surface area contributed by atoms with E-state index < -0.39 is 0 Å². The molecular weight excluding hydrogens is 198 g/mol. The summed E-state index contributed by atoms with van der Waals surface area (Å²) < 4.78 is 0. The maximum atomic E-state index is 5.33. The Balaban J connectivity index is 2.06. The van der Waals surface area contributed by atoms with Gasteiger partial charge in [0.1, 0.15) is 0 Å². The van der Waals surface area contributed by atoms with E-state index in [1.807, 2.05) is 25.5 Å². The zero-order chi connectivity index (χ0) is 11.4. The van der Waals surface area contributed by atoms with Crippen molar-refractivity contribution in [2.75, 3.05) is 18.5 Å². The standard InChI is InChI=1S/C13H17N3/c1-3-8-16(2)13-6-7-14-9-11(13)10-15-12-4-5-12/h1,6-7,9,12,15H,4-5,8,10H2,2H3. The molecule has 0 aliphatic heterocycles. The summed E-state index contributed by atoms with van der Waals surface area (Å²) in [5.41, 5.74) is 2.38.